The van der Waals surface area contributed by atoms with Crippen molar-refractivity contribution in [3.05, 3.63) is 78.2 Å². The second kappa shape index (κ2) is 6.49. The van der Waals surface area contributed by atoms with Gasteiger partial charge in [-0.05, 0) is 26.0 Å². The largest absolute Gasteiger partial charge is 0.361 e. The van der Waals surface area contributed by atoms with Crippen LogP contribution in [0.4, 0.5) is 0 Å². The number of pyridine rings is 1. The Morgan fingerprint density at radius 1 is 1.04 bits per heavy atom. The van der Waals surface area contributed by atoms with E-state index in [4.69, 9.17) is 9.51 Å². The fourth-order valence-corrected chi connectivity index (χ4v) is 3.54. The number of hydrogen-bond acceptors (Lipinski definition) is 4. The van der Waals surface area contributed by atoms with Gasteiger partial charge in [0.1, 0.15) is 17.1 Å². The molecule has 0 unspecified atom stereocenters. The number of imidazole rings is 1. The number of nitrogens with zero attached hydrogens (tertiary/aromatic N) is 4. The van der Waals surface area contributed by atoms with Gasteiger partial charge in [0, 0.05) is 35.0 Å². The molecule has 6 nitrogen and oxygen atoms in total. The Labute approximate surface area is 161 Å². The molecule has 4 aromatic heterocycles. The van der Waals surface area contributed by atoms with Crippen LogP contribution in [-0.2, 0) is 6.54 Å². The van der Waals surface area contributed by atoms with Crippen molar-refractivity contribution in [2.24, 2.45) is 0 Å². The molecule has 138 valence electrons. The van der Waals surface area contributed by atoms with E-state index in [0.717, 1.165) is 45.0 Å². The fraction of sp³-hybridized carbons (Fsp3) is 0.136. The highest BCUT2D eigenvalue weighted by Gasteiger charge is 2.18. The van der Waals surface area contributed by atoms with Gasteiger partial charge in [0.25, 0.3) is 0 Å². The van der Waals surface area contributed by atoms with E-state index >= 15 is 0 Å². The SMILES string of the molecule is Cc1ccc(-c2ncn(Cc3cc(C)on3)c2-c2ccnc3[nH]ccc23)cc1. The second-order valence-electron chi connectivity index (χ2n) is 6.96. The molecule has 0 saturated heterocycles. The third-order valence-electron chi connectivity index (χ3n) is 4.89. The summed E-state index contributed by atoms with van der Waals surface area (Å²) in [6.07, 6.45) is 5.60. The highest BCUT2D eigenvalue weighted by Crippen LogP contribution is 2.35. The maximum absolute atomic E-state index is 5.25. The van der Waals surface area contributed by atoms with Crippen LogP contribution in [0.15, 0.2) is 65.7 Å². The molecule has 0 bridgehead atoms. The predicted octanol–water partition coefficient (Wildman–Crippen LogP) is 4.75. The van der Waals surface area contributed by atoms with E-state index in [0.29, 0.717) is 6.54 Å². The Morgan fingerprint density at radius 3 is 2.68 bits per heavy atom. The Morgan fingerprint density at radius 2 is 1.89 bits per heavy atom. The van der Waals surface area contributed by atoms with Gasteiger partial charge < -0.3 is 14.1 Å². The average molecular weight is 369 g/mol. The van der Waals surface area contributed by atoms with Crippen LogP contribution in [-0.4, -0.2) is 24.7 Å². The first-order valence-corrected chi connectivity index (χ1v) is 9.16. The lowest BCUT2D eigenvalue weighted by Gasteiger charge is -2.11. The van der Waals surface area contributed by atoms with Crippen LogP contribution in [0.3, 0.4) is 0 Å². The van der Waals surface area contributed by atoms with Crippen LogP contribution in [0, 0.1) is 13.8 Å². The molecule has 0 aliphatic carbocycles. The molecule has 1 aromatic carbocycles. The summed E-state index contributed by atoms with van der Waals surface area (Å²) in [6.45, 7) is 4.57. The van der Waals surface area contributed by atoms with Gasteiger partial charge in [0.15, 0.2) is 0 Å². The molecule has 4 heterocycles. The van der Waals surface area contributed by atoms with Gasteiger partial charge >= 0.3 is 0 Å². The first kappa shape index (κ1) is 16.5. The molecule has 0 aliphatic rings. The molecule has 0 amide bonds. The highest BCUT2D eigenvalue weighted by atomic mass is 16.5. The summed E-state index contributed by atoms with van der Waals surface area (Å²) >= 11 is 0. The third-order valence-corrected chi connectivity index (χ3v) is 4.89. The van der Waals surface area contributed by atoms with E-state index in [2.05, 4.69) is 50.9 Å². The van der Waals surface area contributed by atoms with Crippen molar-refractivity contribution in [2.75, 3.05) is 0 Å². The third kappa shape index (κ3) is 2.79. The van der Waals surface area contributed by atoms with Crippen LogP contribution < -0.4 is 0 Å². The molecule has 0 fully saturated rings. The van der Waals surface area contributed by atoms with Gasteiger partial charge in [0.05, 0.1) is 24.3 Å². The molecule has 28 heavy (non-hydrogen) atoms. The van der Waals surface area contributed by atoms with Crippen molar-refractivity contribution in [3.63, 3.8) is 0 Å². The van der Waals surface area contributed by atoms with Gasteiger partial charge in [-0.1, -0.05) is 35.0 Å². The number of hydrogen-bond donors (Lipinski definition) is 1. The van der Waals surface area contributed by atoms with Crippen LogP contribution in [0.25, 0.3) is 33.5 Å². The molecule has 5 aromatic rings. The summed E-state index contributed by atoms with van der Waals surface area (Å²) in [6, 6.07) is 14.5. The zero-order chi connectivity index (χ0) is 19.1. The monoisotopic (exact) mass is 369 g/mol. The lowest BCUT2D eigenvalue weighted by atomic mass is 10.0. The molecule has 0 spiro atoms. The van der Waals surface area contributed by atoms with Gasteiger partial charge in [-0.2, -0.15) is 0 Å². The molecule has 5 rings (SSSR count). The van der Waals surface area contributed by atoms with E-state index in [1.807, 2.05) is 43.8 Å². The van der Waals surface area contributed by atoms with E-state index in [1.54, 1.807) is 0 Å². The van der Waals surface area contributed by atoms with E-state index in [-0.39, 0.29) is 0 Å². The summed E-state index contributed by atoms with van der Waals surface area (Å²) in [5, 5.41) is 5.21. The Balaban J connectivity index is 1.72. The van der Waals surface area contributed by atoms with Crippen LogP contribution in [0.1, 0.15) is 17.0 Å². The average Bonchev–Trinajstić information content (AvgIpc) is 3.42. The summed E-state index contributed by atoms with van der Waals surface area (Å²) in [5.74, 6) is 0.798. The van der Waals surface area contributed by atoms with Crippen molar-refractivity contribution < 1.29 is 4.52 Å². The highest BCUT2D eigenvalue weighted by molar-refractivity contribution is 5.95. The van der Waals surface area contributed by atoms with E-state index in [9.17, 15) is 0 Å². The Bertz CT molecular complexity index is 1260. The topological polar surface area (TPSA) is 72.5 Å². The molecule has 1 N–H and O–H groups in total. The second-order valence-corrected chi connectivity index (χ2v) is 6.96. The maximum Gasteiger partial charge on any atom is 0.137 e. The number of rotatable bonds is 4. The summed E-state index contributed by atoms with van der Waals surface area (Å²) in [4.78, 5) is 12.4. The molecule has 0 saturated carbocycles. The minimum Gasteiger partial charge on any atom is -0.361 e. The van der Waals surface area contributed by atoms with E-state index < -0.39 is 0 Å². The fourth-order valence-electron chi connectivity index (χ4n) is 3.54. The van der Waals surface area contributed by atoms with Gasteiger partial charge in [-0.15, -0.1) is 0 Å². The standard InChI is InChI=1S/C22H19N5O/c1-14-3-5-16(6-4-14)20-21(18-7-9-23-22-19(18)8-10-24-22)27(13-25-20)12-17-11-15(2)28-26-17/h3-11,13H,12H2,1-2H3,(H,23,24). The number of aromatic amines is 1. The van der Waals surface area contributed by atoms with Crippen molar-refractivity contribution in [1.29, 1.82) is 0 Å². The molecule has 6 heteroatoms. The minimum absolute atomic E-state index is 0.583. The summed E-state index contributed by atoms with van der Waals surface area (Å²) in [5.41, 5.74) is 7.09. The predicted molar refractivity (Wildman–Crippen MR) is 108 cm³/mol. The van der Waals surface area contributed by atoms with Crippen molar-refractivity contribution >= 4 is 11.0 Å². The normalized spacial score (nSPS) is 11.4. The van der Waals surface area contributed by atoms with Crippen LogP contribution in [0.2, 0.25) is 0 Å². The molecular formula is C22H19N5O. The van der Waals surface area contributed by atoms with Crippen LogP contribution in [0.5, 0.6) is 0 Å². The zero-order valence-electron chi connectivity index (χ0n) is 15.7. The van der Waals surface area contributed by atoms with Gasteiger partial charge in [0.2, 0.25) is 0 Å². The van der Waals surface area contributed by atoms with Crippen LogP contribution >= 0.6 is 0 Å². The first-order valence-electron chi connectivity index (χ1n) is 9.16. The number of aromatic nitrogens is 5. The number of aryl methyl sites for hydroxylation is 2. The van der Waals surface area contributed by atoms with Gasteiger partial charge in [-0.25, -0.2) is 9.97 Å². The maximum atomic E-state index is 5.25. The smallest absolute Gasteiger partial charge is 0.137 e. The quantitative estimate of drug-likeness (QED) is 0.496. The lowest BCUT2D eigenvalue weighted by Crippen LogP contribution is -2.01. The summed E-state index contributed by atoms with van der Waals surface area (Å²) < 4.78 is 7.37. The number of H-pyrrole nitrogens is 1. The van der Waals surface area contributed by atoms with Crippen molar-refractivity contribution in [2.45, 2.75) is 20.4 Å². The minimum atomic E-state index is 0.583. The Hall–Kier alpha value is -3.67. The molecule has 0 atom stereocenters. The van der Waals surface area contributed by atoms with Crippen molar-refractivity contribution in [1.82, 2.24) is 24.7 Å². The molecule has 0 radical (unpaired) electrons. The lowest BCUT2D eigenvalue weighted by molar-refractivity contribution is 0.389. The number of benzene rings is 1. The number of fused-ring (bicyclic) bond motifs is 1. The zero-order valence-corrected chi connectivity index (χ0v) is 15.7. The summed E-state index contributed by atoms with van der Waals surface area (Å²) in [7, 11) is 0. The molecule has 0 aliphatic heterocycles. The van der Waals surface area contributed by atoms with Crippen molar-refractivity contribution in [3.8, 4) is 22.5 Å². The van der Waals surface area contributed by atoms with E-state index in [1.165, 1.54) is 5.56 Å². The molecular weight excluding hydrogens is 350 g/mol. The van der Waals surface area contributed by atoms with Gasteiger partial charge in [-0.3, -0.25) is 0 Å². The first-order chi connectivity index (χ1) is 13.7. The number of nitrogens with one attached hydrogen (secondary N) is 1. The Kier molecular flexibility index (Phi) is 3.83.